The Morgan fingerprint density at radius 1 is 1.17 bits per heavy atom. The summed E-state index contributed by atoms with van der Waals surface area (Å²) in [5.74, 6) is -0.0888. The maximum atomic E-state index is 11.2. The van der Waals surface area contributed by atoms with Gasteiger partial charge in [0.05, 0.1) is 19.2 Å². The zero-order valence-corrected chi connectivity index (χ0v) is 17.1. The molecule has 30 heavy (non-hydrogen) atoms. The Kier molecular flexibility index (Phi) is 6.98. The van der Waals surface area contributed by atoms with Crippen molar-refractivity contribution in [2.75, 3.05) is 13.7 Å². The molecule has 0 amide bonds. The minimum atomic E-state index is -0.887. The van der Waals surface area contributed by atoms with Crippen LogP contribution in [0, 0.1) is 0 Å². The maximum absolute atomic E-state index is 11.2. The zero-order chi connectivity index (χ0) is 21.5. The van der Waals surface area contributed by atoms with Gasteiger partial charge in [0.25, 0.3) is 0 Å². The molecule has 2 N–H and O–H groups in total. The van der Waals surface area contributed by atoms with Crippen LogP contribution in [0.25, 0.3) is 16.8 Å². The van der Waals surface area contributed by atoms with E-state index in [-0.39, 0.29) is 12.2 Å². The van der Waals surface area contributed by atoms with E-state index in [2.05, 4.69) is 10.4 Å². The first-order valence-corrected chi connectivity index (χ1v) is 9.70. The Morgan fingerprint density at radius 2 is 2.00 bits per heavy atom. The minimum absolute atomic E-state index is 0.0674. The quantitative estimate of drug-likeness (QED) is 0.501. The second-order valence-electron chi connectivity index (χ2n) is 7.03. The van der Waals surface area contributed by atoms with Gasteiger partial charge in [-0.2, -0.15) is 5.10 Å². The molecule has 7 nitrogen and oxygen atoms in total. The number of Topliss-reactive ketones (excluding diaryl/α,β-unsaturated/α-hetero) is 1. The molecule has 0 atom stereocenters. The molecular weight excluding hydrogens is 382 g/mol. The first-order valence-electron chi connectivity index (χ1n) is 9.70. The number of hydrogen-bond donors (Lipinski definition) is 2. The average molecular weight is 407 g/mol. The number of rotatable bonds is 10. The molecule has 3 aromatic rings. The van der Waals surface area contributed by atoms with Crippen molar-refractivity contribution >= 4 is 11.8 Å². The van der Waals surface area contributed by atoms with Gasteiger partial charge in [-0.3, -0.25) is 9.59 Å². The number of nitrogens with zero attached hydrogens (tertiary/aromatic N) is 2. The molecule has 0 aliphatic carbocycles. The van der Waals surface area contributed by atoms with Crippen LogP contribution >= 0.6 is 0 Å². The van der Waals surface area contributed by atoms with E-state index in [1.54, 1.807) is 37.0 Å². The summed E-state index contributed by atoms with van der Waals surface area (Å²) < 4.78 is 7.34. The number of carboxylic acid groups (broad SMARTS) is 1. The highest BCUT2D eigenvalue weighted by molar-refractivity contribution is 5.78. The van der Waals surface area contributed by atoms with Gasteiger partial charge in [-0.15, -0.1) is 0 Å². The van der Waals surface area contributed by atoms with E-state index >= 15 is 0 Å². The molecular formula is C23H25N3O4. The van der Waals surface area contributed by atoms with Gasteiger partial charge in [0, 0.05) is 37.5 Å². The third-order valence-corrected chi connectivity index (χ3v) is 4.74. The van der Waals surface area contributed by atoms with Crippen LogP contribution in [0.4, 0.5) is 0 Å². The van der Waals surface area contributed by atoms with Crippen LogP contribution in [0.15, 0.2) is 54.9 Å². The SMILES string of the molecule is COc1ccc(CC(=O)O)cc1-c1cc(-n2cccn2)ccc1CNCCC(C)=O. The van der Waals surface area contributed by atoms with E-state index in [4.69, 9.17) is 4.74 Å². The standard InChI is InChI=1S/C23H25N3O4/c1-16(27)8-10-24-15-18-5-6-19(26-11-3-9-25-26)14-20(18)21-12-17(13-23(28)29)4-7-22(21)30-2/h3-7,9,11-12,14,24H,8,10,13,15H2,1-2H3,(H,28,29). The number of carbonyl (C=O) groups excluding carboxylic acids is 1. The molecule has 3 rings (SSSR count). The van der Waals surface area contributed by atoms with Crippen LogP contribution in [0.5, 0.6) is 5.75 Å². The largest absolute Gasteiger partial charge is 0.496 e. The third-order valence-electron chi connectivity index (χ3n) is 4.74. The van der Waals surface area contributed by atoms with Crippen molar-refractivity contribution in [1.82, 2.24) is 15.1 Å². The number of hydrogen-bond acceptors (Lipinski definition) is 5. The molecule has 0 saturated heterocycles. The highest BCUT2D eigenvalue weighted by atomic mass is 16.5. The number of methoxy groups -OCH3 is 1. The van der Waals surface area contributed by atoms with Gasteiger partial charge in [0.15, 0.2) is 0 Å². The highest BCUT2D eigenvalue weighted by Gasteiger charge is 2.14. The Labute approximate surface area is 175 Å². The second-order valence-corrected chi connectivity index (χ2v) is 7.03. The summed E-state index contributed by atoms with van der Waals surface area (Å²) in [6, 6.07) is 13.3. The lowest BCUT2D eigenvalue weighted by molar-refractivity contribution is -0.136. The fourth-order valence-corrected chi connectivity index (χ4v) is 3.27. The van der Waals surface area contributed by atoms with Crippen LogP contribution in [0.3, 0.4) is 0 Å². The number of ketones is 1. The summed E-state index contributed by atoms with van der Waals surface area (Å²) in [5.41, 5.74) is 4.32. The van der Waals surface area contributed by atoms with E-state index in [1.807, 2.05) is 36.5 Å². The van der Waals surface area contributed by atoms with Crippen molar-refractivity contribution in [3.63, 3.8) is 0 Å². The molecule has 0 radical (unpaired) electrons. The van der Waals surface area contributed by atoms with Gasteiger partial charge in [0.2, 0.25) is 0 Å². The number of ether oxygens (including phenoxy) is 1. The molecule has 2 aromatic carbocycles. The van der Waals surface area contributed by atoms with E-state index in [1.165, 1.54) is 0 Å². The van der Waals surface area contributed by atoms with E-state index < -0.39 is 5.97 Å². The number of aromatic nitrogens is 2. The fraction of sp³-hybridized carbons (Fsp3) is 0.261. The lowest BCUT2D eigenvalue weighted by Gasteiger charge is -2.16. The topological polar surface area (TPSA) is 93.4 Å². The number of benzene rings is 2. The minimum Gasteiger partial charge on any atom is -0.496 e. The number of carboxylic acids is 1. The molecule has 0 spiro atoms. The molecule has 7 heteroatoms. The number of carbonyl (C=O) groups is 2. The van der Waals surface area contributed by atoms with Crippen LogP contribution in [-0.2, 0) is 22.6 Å². The van der Waals surface area contributed by atoms with Gasteiger partial charge in [0.1, 0.15) is 11.5 Å². The van der Waals surface area contributed by atoms with Crippen LogP contribution in [0.1, 0.15) is 24.5 Å². The molecule has 0 fully saturated rings. The lowest BCUT2D eigenvalue weighted by atomic mass is 9.95. The summed E-state index contributed by atoms with van der Waals surface area (Å²) in [4.78, 5) is 22.4. The molecule has 156 valence electrons. The zero-order valence-electron chi connectivity index (χ0n) is 17.1. The normalized spacial score (nSPS) is 10.7. The maximum Gasteiger partial charge on any atom is 0.307 e. The first kappa shape index (κ1) is 21.3. The van der Waals surface area contributed by atoms with Crippen molar-refractivity contribution in [3.05, 3.63) is 66.0 Å². The van der Waals surface area contributed by atoms with Crippen LogP contribution in [-0.4, -0.2) is 40.3 Å². The molecule has 0 unspecified atom stereocenters. The van der Waals surface area contributed by atoms with E-state index in [0.29, 0.717) is 30.8 Å². The summed E-state index contributed by atoms with van der Waals surface area (Å²) in [6.45, 7) is 2.73. The Morgan fingerprint density at radius 3 is 2.67 bits per heavy atom. The van der Waals surface area contributed by atoms with Crippen molar-refractivity contribution < 1.29 is 19.4 Å². The molecule has 1 heterocycles. The third kappa shape index (κ3) is 5.33. The van der Waals surface area contributed by atoms with Crippen molar-refractivity contribution in [3.8, 4) is 22.6 Å². The van der Waals surface area contributed by atoms with Crippen molar-refractivity contribution in [2.45, 2.75) is 26.3 Å². The van der Waals surface area contributed by atoms with Gasteiger partial charge >= 0.3 is 5.97 Å². The second kappa shape index (κ2) is 9.84. The molecule has 0 aliphatic heterocycles. The number of nitrogens with one attached hydrogen (secondary N) is 1. The fourth-order valence-electron chi connectivity index (χ4n) is 3.27. The Balaban J connectivity index is 2.04. The summed E-state index contributed by atoms with van der Waals surface area (Å²) in [5, 5.41) is 16.8. The summed E-state index contributed by atoms with van der Waals surface area (Å²) in [6.07, 6.45) is 3.98. The molecule has 0 saturated carbocycles. The van der Waals surface area contributed by atoms with Gasteiger partial charge in [-0.05, 0) is 53.9 Å². The Bertz CT molecular complexity index is 1030. The van der Waals surface area contributed by atoms with Crippen LogP contribution < -0.4 is 10.1 Å². The van der Waals surface area contributed by atoms with Crippen molar-refractivity contribution in [2.24, 2.45) is 0 Å². The van der Waals surface area contributed by atoms with Gasteiger partial charge in [-0.25, -0.2) is 4.68 Å². The Hall–Kier alpha value is -3.45. The summed E-state index contributed by atoms with van der Waals surface area (Å²) in [7, 11) is 1.60. The smallest absolute Gasteiger partial charge is 0.307 e. The lowest BCUT2D eigenvalue weighted by Crippen LogP contribution is -2.17. The molecule has 0 bridgehead atoms. The van der Waals surface area contributed by atoms with E-state index in [9.17, 15) is 14.7 Å². The monoisotopic (exact) mass is 407 g/mol. The van der Waals surface area contributed by atoms with Gasteiger partial charge in [-0.1, -0.05) is 12.1 Å². The van der Waals surface area contributed by atoms with Gasteiger partial charge < -0.3 is 15.2 Å². The first-order chi connectivity index (χ1) is 14.5. The summed E-state index contributed by atoms with van der Waals surface area (Å²) >= 11 is 0. The molecule has 0 aliphatic rings. The van der Waals surface area contributed by atoms with Crippen LogP contribution in [0.2, 0.25) is 0 Å². The predicted octanol–water partition coefficient (Wildman–Crippen LogP) is 3.24. The van der Waals surface area contributed by atoms with E-state index in [0.717, 1.165) is 22.4 Å². The van der Waals surface area contributed by atoms with Crippen molar-refractivity contribution in [1.29, 1.82) is 0 Å². The predicted molar refractivity (Wildman–Crippen MR) is 114 cm³/mol. The highest BCUT2D eigenvalue weighted by Crippen LogP contribution is 2.35. The average Bonchev–Trinajstić information content (AvgIpc) is 3.25. The molecule has 1 aromatic heterocycles. The number of aliphatic carboxylic acids is 1.